The van der Waals surface area contributed by atoms with Gasteiger partial charge in [0.1, 0.15) is 23.4 Å². The monoisotopic (exact) mass is 397 g/mol. The summed E-state index contributed by atoms with van der Waals surface area (Å²) in [4.78, 5) is 21.0. The Morgan fingerprint density at radius 2 is 1.78 bits per heavy atom. The first kappa shape index (κ1) is 18.6. The van der Waals surface area contributed by atoms with Gasteiger partial charge in [0.05, 0.1) is 11.3 Å². The van der Waals surface area contributed by atoms with Crippen molar-refractivity contribution in [2.75, 3.05) is 10.6 Å². The highest BCUT2D eigenvalue weighted by Crippen LogP contribution is 2.25. The molecule has 1 aromatic heterocycles. The second kappa shape index (κ2) is 8.04. The van der Waals surface area contributed by atoms with E-state index in [1.165, 1.54) is 6.07 Å². The Labute approximate surface area is 165 Å². The number of amides is 1. The summed E-state index contributed by atoms with van der Waals surface area (Å²) < 4.78 is 0. The minimum atomic E-state index is -0.449. The zero-order valence-corrected chi connectivity index (χ0v) is 15.6. The third kappa shape index (κ3) is 4.73. The van der Waals surface area contributed by atoms with Gasteiger partial charge < -0.3 is 10.6 Å². The number of rotatable bonds is 4. The number of anilines is 3. The van der Waals surface area contributed by atoms with Crippen LogP contribution in [0.3, 0.4) is 0 Å². The van der Waals surface area contributed by atoms with Gasteiger partial charge in [0, 0.05) is 21.8 Å². The first-order valence-electron chi connectivity index (χ1n) is 7.84. The summed E-state index contributed by atoms with van der Waals surface area (Å²) in [7, 11) is 0. The average molecular weight is 398 g/mol. The summed E-state index contributed by atoms with van der Waals surface area (Å²) in [5.41, 5.74) is 1.57. The summed E-state index contributed by atoms with van der Waals surface area (Å²) >= 11 is 12.0. The van der Waals surface area contributed by atoms with Crippen LogP contribution in [0.25, 0.3) is 0 Å². The molecule has 0 bridgehead atoms. The molecule has 2 aromatic carbocycles. The number of halogens is 2. The zero-order chi connectivity index (χ0) is 19.4. The molecule has 134 valence electrons. The second-order valence-electron chi connectivity index (χ2n) is 5.58. The largest absolute Gasteiger partial charge is 0.340 e. The molecule has 0 unspecified atom stereocenters. The topological polar surface area (TPSA) is 90.7 Å². The SMILES string of the molecule is Cc1nc(Nc2cc(Cl)cc(Cl)c2)cc(C(=O)Nc2ccccc2C#N)n1. The van der Waals surface area contributed by atoms with Crippen LogP contribution >= 0.6 is 23.2 Å². The maximum absolute atomic E-state index is 12.6. The Bertz CT molecular complexity index is 1040. The minimum absolute atomic E-state index is 0.158. The second-order valence-corrected chi connectivity index (χ2v) is 6.45. The van der Waals surface area contributed by atoms with E-state index in [0.717, 1.165) is 0 Å². The van der Waals surface area contributed by atoms with Crippen LogP contribution in [0, 0.1) is 18.3 Å². The first-order valence-corrected chi connectivity index (χ1v) is 8.59. The molecular weight excluding hydrogens is 385 g/mol. The van der Waals surface area contributed by atoms with Gasteiger partial charge in [-0.1, -0.05) is 35.3 Å². The standard InChI is InChI=1S/C19H13Cl2N5O/c1-11-23-17(19(27)26-16-5-3-2-4-12(16)10-22)9-18(24-11)25-15-7-13(20)6-14(21)8-15/h2-9H,1H3,(H,26,27)(H,23,24,25). The highest BCUT2D eigenvalue weighted by atomic mass is 35.5. The van der Waals surface area contributed by atoms with E-state index in [9.17, 15) is 4.79 Å². The average Bonchev–Trinajstić information content (AvgIpc) is 2.60. The van der Waals surface area contributed by atoms with Crippen molar-refractivity contribution in [3.63, 3.8) is 0 Å². The highest BCUT2D eigenvalue weighted by Gasteiger charge is 2.13. The van der Waals surface area contributed by atoms with Gasteiger partial charge in [0.15, 0.2) is 0 Å². The molecule has 0 aliphatic heterocycles. The Morgan fingerprint density at radius 3 is 2.48 bits per heavy atom. The van der Waals surface area contributed by atoms with Crippen molar-refractivity contribution in [1.29, 1.82) is 5.26 Å². The molecule has 8 heteroatoms. The van der Waals surface area contributed by atoms with Crippen LogP contribution in [0.4, 0.5) is 17.2 Å². The number of carbonyl (C=O) groups is 1. The number of nitrogens with one attached hydrogen (secondary N) is 2. The fourth-order valence-corrected chi connectivity index (χ4v) is 2.92. The molecule has 6 nitrogen and oxygen atoms in total. The summed E-state index contributed by atoms with van der Waals surface area (Å²) in [6, 6.07) is 15.3. The third-order valence-corrected chi connectivity index (χ3v) is 3.94. The Kier molecular flexibility index (Phi) is 5.55. The number of carbonyl (C=O) groups excluding carboxylic acids is 1. The number of hydrogen-bond donors (Lipinski definition) is 2. The lowest BCUT2D eigenvalue weighted by atomic mass is 10.2. The van der Waals surface area contributed by atoms with Gasteiger partial charge in [-0.3, -0.25) is 4.79 Å². The van der Waals surface area contributed by atoms with Crippen LogP contribution < -0.4 is 10.6 Å². The van der Waals surface area contributed by atoms with Crippen molar-refractivity contribution in [2.24, 2.45) is 0 Å². The third-order valence-electron chi connectivity index (χ3n) is 3.50. The Balaban J connectivity index is 1.86. The maximum atomic E-state index is 12.6. The van der Waals surface area contributed by atoms with Crippen LogP contribution in [-0.4, -0.2) is 15.9 Å². The Morgan fingerprint density at radius 1 is 1.07 bits per heavy atom. The van der Waals surface area contributed by atoms with Crippen LogP contribution in [-0.2, 0) is 0 Å². The van der Waals surface area contributed by atoms with Crippen LogP contribution in [0.2, 0.25) is 10.0 Å². The van der Waals surface area contributed by atoms with Crippen LogP contribution in [0.15, 0.2) is 48.5 Å². The molecule has 3 aromatic rings. The van der Waals surface area contributed by atoms with E-state index in [0.29, 0.717) is 38.6 Å². The number of nitrogens with zero attached hydrogens (tertiary/aromatic N) is 3. The molecule has 1 heterocycles. The Hall–Kier alpha value is -3.14. The molecule has 2 N–H and O–H groups in total. The van der Waals surface area contributed by atoms with Crippen LogP contribution in [0.5, 0.6) is 0 Å². The van der Waals surface area contributed by atoms with Gasteiger partial charge >= 0.3 is 0 Å². The van der Waals surface area contributed by atoms with Crippen molar-refractivity contribution in [1.82, 2.24) is 9.97 Å². The molecule has 0 saturated carbocycles. The molecule has 27 heavy (non-hydrogen) atoms. The molecule has 0 radical (unpaired) electrons. The smallest absolute Gasteiger partial charge is 0.274 e. The minimum Gasteiger partial charge on any atom is -0.340 e. The number of nitriles is 1. The first-order chi connectivity index (χ1) is 12.9. The van der Waals surface area contributed by atoms with Gasteiger partial charge in [-0.15, -0.1) is 0 Å². The quantitative estimate of drug-likeness (QED) is 0.648. The summed E-state index contributed by atoms with van der Waals surface area (Å²) in [6.07, 6.45) is 0. The van der Waals surface area contributed by atoms with Gasteiger partial charge in [-0.05, 0) is 37.3 Å². The summed E-state index contributed by atoms with van der Waals surface area (Å²) in [5.74, 6) is 0.377. The van der Waals surface area contributed by atoms with E-state index in [-0.39, 0.29) is 5.69 Å². The number of para-hydroxylation sites is 1. The van der Waals surface area contributed by atoms with Gasteiger partial charge in [0.2, 0.25) is 0 Å². The maximum Gasteiger partial charge on any atom is 0.274 e. The van der Waals surface area contributed by atoms with Crippen LogP contribution in [0.1, 0.15) is 21.9 Å². The van der Waals surface area contributed by atoms with Crippen molar-refractivity contribution in [3.05, 3.63) is 75.7 Å². The molecule has 0 aliphatic rings. The van der Waals surface area contributed by atoms with E-state index >= 15 is 0 Å². The van der Waals surface area contributed by atoms with E-state index in [2.05, 4.69) is 20.6 Å². The summed E-state index contributed by atoms with van der Waals surface area (Å²) in [6.45, 7) is 1.68. The zero-order valence-electron chi connectivity index (χ0n) is 14.1. The predicted octanol–water partition coefficient (Wildman–Crippen LogP) is 4.96. The normalized spacial score (nSPS) is 10.1. The fraction of sp³-hybridized carbons (Fsp3) is 0.0526. The molecular formula is C19H13Cl2N5O. The molecule has 1 amide bonds. The van der Waals surface area contributed by atoms with Gasteiger partial charge in [-0.25, -0.2) is 9.97 Å². The number of aromatic nitrogens is 2. The number of hydrogen-bond acceptors (Lipinski definition) is 5. The molecule has 0 saturated heterocycles. The summed E-state index contributed by atoms with van der Waals surface area (Å²) in [5, 5.41) is 15.8. The highest BCUT2D eigenvalue weighted by molar-refractivity contribution is 6.35. The van der Waals surface area contributed by atoms with Crippen molar-refractivity contribution >= 4 is 46.3 Å². The predicted molar refractivity (Wildman–Crippen MR) is 106 cm³/mol. The fourth-order valence-electron chi connectivity index (χ4n) is 2.40. The molecule has 0 aliphatic carbocycles. The van der Waals surface area contributed by atoms with E-state index in [1.807, 2.05) is 6.07 Å². The van der Waals surface area contributed by atoms with E-state index in [1.54, 1.807) is 49.4 Å². The molecule has 0 fully saturated rings. The lowest BCUT2D eigenvalue weighted by Gasteiger charge is -2.10. The number of aryl methyl sites for hydroxylation is 1. The van der Waals surface area contributed by atoms with Gasteiger partial charge in [-0.2, -0.15) is 5.26 Å². The van der Waals surface area contributed by atoms with Crippen molar-refractivity contribution in [2.45, 2.75) is 6.92 Å². The van der Waals surface area contributed by atoms with Gasteiger partial charge in [0.25, 0.3) is 5.91 Å². The van der Waals surface area contributed by atoms with E-state index in [4.69, 9.17) is 28.5 Å². The number of benzene rings is 2. The van der Waals surface area contributed by atoms with Crippen molar-refractivity contribution < 1.29 is 4.79 Å². The molecule has 0 atom stereocenters. The lowest BCUT2D eigenvalue weighted by molar-refractivity contribution is 0.102. The van der Waals surface area contributed by atoms with E-state index < -0.39 is 5.91 Å². The molecule has 3 rings (SSSR count). The molecule has 0 spiro atoms. The van der Waals surface area contributed by atoms with Crippen molar-refractivity contribution in [3.8, 4) is 6.07 Å². The lowest BCUT2D eigenvalue weighted by Crippen LogP contribution is -2.16.